The summed E-state index contributed by atoms with van der Waals surface area (Å²) in [6.07, 6.45) is 0. The summed E-state index contributed by atoms with van der Waals surface area (Å²) in [6.45, 7) is -0.406. The number of sulfone groups is 1. The Hall–Kier alpha value is -2.47. The van der Waals surface area contributed by atoms with Gasteiger partial charge in [-0.15, -0.1) is 11.3 Å². The van der Waals surface area contributed by atoms with Gasteiger partial charge in [-0.05, 0) is 47.8 Å². The zero-order valence-corrected chi connectivity index (χ0v) is 19.1. The van der Waals surface area contributed by atoms with Gasteiger partial charge in [-0.1, -0.05) is 6.07 Å². The zero-order chi connectivity index (χ0) is 22.6. The molecule has 0 spiro atoms. The first-order valence-electron chi connectivity index (χ1n) is 8.93. The Kier molecular flexibility index (Phi) is 6.99. The predicted octanol–water partition coefficient (Wildman–Crippen LogP) is 3.40. The summed E-state index contributed by atoms with van der Waals surface area (Å²) >= 11 is 1.19. The van der Waals surface area contributed by atoms with Crippen LogP contribution in [0.2, 0.25) is 0 Å². The maximum atomic E-state index is 13.3. The first-order chi connectivity index (χ1) is 14.7. The second-order valence-corrected chi connectivity index (χ2v) is 11.2. The first-order valence-corrected chi connectivity index (χ1v) is 12.8. The highest BCUT2D eigenvalue weighted by atomic mass is 32.2. The molecule has 0 fully saturated rings. The summed E-state index contributed by atoms with van der Waals surface area (Å²) in [5, 5.41) is 0.513. The van der Waals surface area contributed by atoms with Crippen molar-refractivity contribution in [1.82, 2.24) is 4.72 Å². The molecule has 1 heterocycles. The molecule has 1 N–H and O–H groups in total. The summed E-state index contributed by atoms with van der Waals surface area (Å²) in [4.78, 5) is 0.256. The summed E-state index contributed by atoms with van der Waals surface area (Å²) in [7, 11) is -5.25. The number of hydrogen-bond donors (Lipinski definition) is 1. The van der Waals surface area contributed by atoms with Crippen LogP contribution in [-0.2, 0) is 19.9 Å². The molecule has 0 bridgehead atoms. The van der Waals surface area contributed by atoms with Gasteiger partial charge in [0.25, 0.3) is 0 Å². The smallest absolute Gasteiger partial charge is 0.240 e. The average molecular weight is 486 g/mol. The third-order valence-corrected chi connectivity index (χ3v) is 9.16. The Morgan fingerprint density at radius 2 is 1.58 bits per heavy atom. The van der Waals surface area contributed by atoms with Crippen LogP contribution in [0, 0.1) is 5.82 Å². The van der Waals surface area contributed by atoms with Crippen LogP contribution in [0.4, 0.5) is 4.39 Å². The molecule has 0 amide bonds. The van der Waals surface area contributed by atoms with E-state index >= 15 is 0 Å². The molecule has 7 nitrogen and oxygen atoms in total. The van der Waals surface area contributed by atoms with Gasteiger partial charge in [-0.2, -0.15) is 0 Å². The van der Waals surface area contributed by atoms with Crippen molar-refractivity contribution in [3.05, 3.63) is 70.7 Å². The van der Waals surface area contributed by atoms with Crippen molar-refractivity contribution in [2.45, 2.75) is 15.0 Å². The lowest BCUT2D eigenvalue weighted by atomic mass is 10.3. The SMILES string of the molecule is COc1ccc(S(=O)(=O)NC[C@H](c2cccs2)S(=O)(=O)c2ccc(F)cc2)cc1OC. The number of sulfonamides is 1. The van der Waals surface area contributed by atoms with E-state index in [1.165, 1.54) is 43.8 Å². The van der Waals surface area contributed by atoms with Crippen LogP contribution >= 0.6 is 11.3 Å². The van der Waals surface area contributed by atoms with Gasteiger partial charge in [0.1, 0.15) is 11.1 Å². The highest BCUT2D eigenvalue weighted by molar-refractivity contribution is 7.92. The second-order valence-electron chi connectivity index (χ2n) is 6.37. The van der Waals surface area contributed by atoms with E-state index in [0.29, 0.717) is 10.6 Å². The van der Waals surface area contributed by atoms with Crippen LogP contribution in [0.1, 0.15) is 10.1 Å². The molecule has 1 aromatic heterocycles. The van der Waals surface area contributed by atoms with Crippen molar-refractivity contribution >= 4 is 31.2 Å². The van der Waals surface area contributed by atoms with Crippen LogP contribution in [0.15, 0.2) is 69.8 Å². The minimum absolute atomic E-state index is 0.0994. The molecule has 2 aromatic carbocycles. The van der Waals surface area contributed by atoms with Crippen LogP contribution in [0.25, 0.3) is 0 Å². The molecule has 3 rings (SSSR count). The van der Waals surface area contributed by atoms with E-state index in [0.717, 1.165) is 24.3 Å². The predicted molar refractivity (Wildman–Crippen MR) is 115 cm³/mol. The van der Waals surface area contributed by atoms with Crippen molar-refractivity contribution in [1.29, 1.82) is 0 Å². The summed E-state index contributed by atoms with van der Waals surface area (Å²) in [5.41, 5.74) is 0. The quantitative estimate of drug-likeness (QED) is 0.467. The molecular weight excluding hydrogens is 465 g/mol. The van der Waals surface area contributed by atoms with E-state index in [-0.39, 0.29) is 15.5 Å². The van der Waals surface area contributed by atoms with Gasteiger partial charge < -0.3 is 9.47 Å². The summed E-state index contributed by atoms with van der Waals surface area (Å²) in [5.74, 6) is 0.0108. The minimum Gasteiger partial charge on any atom is -0.493 e. The van der Waals surface area contributed by atoms with Crippen LogP contribution < -0.4 is 14.2 Å². The van der Waals surface area contributed by atoms with Gasteiger partial charge in [0.05, 0.1) is 24.0 Å². The van der Waals surface area contributed by atoms with Gasteiger partial charge >= 0.3 is 0 Å². The zero-order valence-electron chi connectivity index (χ0n) is 16.6. The van der Waals surface area contributed by atoms with Gasteiger partial charge in [-0.25, -0.2) is 25.9 Å². The molecule has 31 heavy (non-hydrogen) atoms. The van der Waals surface area contributed by atoms with Crippen molar-refractivity contribution in [3.63, 3.8) is 0 Å². The van der Waals surface area contributed by atoms with Crippen LogP contribution in [0.5, 0.6) is 11.5 Å². The lowest BCUT2D eigenvalue weighted by Crippen LogP contribution is -2.31. The second kappa shape index (κ2) is 9.35. The first kappa shape index (κ1) is 23.2. The molecule has 11 heteroatoms. The largest absolute Gasteiger partial charge is 0.493 e. The van der Waals surface area contributed by atoms with Crippen molar-refractivity contribution in [2.75, 3.05) is 20.8 Å². The number of hydrogen-bond acceptors (Lipinski definition) is 7. The van der Waals surface area contributed by atoms with Gasteiger partial charge in [-0.3, -0.25) is 0 Å². The fraction of sp³-hybridized carbons (Fsp3) is 0.200. The van der Waals surface area contributed by atoms with Crippen LogP contribution in [0.3, 0.4) is 0 Å². The third-order valence-electron chi connectivity index (χ3n) is 4.50. The normalized spacial score (nSPS) is 13.0. The highest BCUT2D eigenvalue weighted by Crippen LogP contribution is 2.33. The molecule has 0 aliphatic rings. The Morgan fingerprint density at radius 1 is 0.935 bits per heavy atom. The molecular formula is C20H20FNO6S3. The summed E-state index contributed by atoms with van der Waals surface area (Å²) in [6, 6.07) is 11.8. The van der Waals surface area contributed by atoms with E-state index in [1.54, 1.807) is 17.5 Å². The topological polar surface area (TPSA) is 98.8 Å². The lowest BCUT2D eigenvalue weighted by Gasteiger charge is -2.18. The number of benzene rings is 2. The fourth-order valence-electron chi connectivity index (χ4n) is 2.88. The third kappa shape index (κ3) is 5.06. The van der Waals surface area contributed by atoms with E-state index in [9.17, 15) is 21.2 Å². The Balaban J connectivity index is 1.92. The molecule has 0 saturated heterocycles. The molecule has 0 radical (unpaired) electrons. The standard InChI is InChI=1S/C20H20FNO6S3/c1-27-17-10-9-16(12-18(17)28-2)31(25,26)22-13-20(19-4-3-11-29-19)30(23,24)15-7-5-14(21)6-8-15/h3-12,20,22H,13H2,1-2H3/t20-/m1/s1. The molecule has 1 atom stereocenters. The van der Waals surface area contributed by atoms with E-state index in [4.69, 9.17) is 9.47 Å². The number of halogens is 1. The molecule has 0 aliphatic carbocycles. The molecule has 0 aliphatic heterocycles. The number of nitrogens with one attached hydrogen (secondary N) is 1. The number of thiophene rings is 1. The maximum Gasteiger partial charge on any atom is 0.240 e. The fourth-order valence-corrected chi connectivity index (χ4v) is 6.83. The van der Waals surface area contributed by atoms with Crippen molar-refractivity contribution < 1.29 is 30.7 Å². The van der Waals surface area contributed by atoms with E-state index in [1.807, 2.05) is 0 Å². The monoisotopic (exact) mass is 485 g/mol. The highest BCUT2D eigenvalue weighted by Gasteiger charge is 2.32. The van der Waals surface area contributed by atoms with Gasteiger partial charge in [0, 0.05) is 17.5 Å². The molecule has 0 unspecified atom stereocenters. The van der Waals surface area contributed by atoms with E-state index in [2.05, 4.69) is 4.72 Å². The lowest BCUT2D eigenvalue weighted by molar-refractivity contribution is 0.354. The van der Waals surface area contributed by atoms with Gasteiger partial charge in [0.15, 0.2) is 21.3 Å². The number of methoxy groups -OCH3 is 2. The minimum atomic E-state index is -4.06. The van der Waals surface area contributed by atoms with Crippen molar-refractivity contribution in [3.8, 4) is 11.5 Å². The Morgan fingerprint density at radius 3 is 2.16 bits per heavy atom. The van der Waals surface area contributed by atoms with Gasteiger partial charge in [0.2, 0.25) is 10.0 Å². The number of ether oxygens (including phenoxy) is 2. The van der Waals surface area contributed by atoms with Crippen LogP contribution in [-0.4, -0.2) is 37.6 Å². The Bertz CT molecular complexity index is 1240. The van der Waals surface area contributed by atoms with E-state index < -0.39 is 37.5 Å². The molecule has 166 valence electrons. The summed E-state index contributed by atoms with van der Waals surface area (Å²) < 4.78 is 77.9. The maximum absolute atomic E-state index is 13.3. The molecule has 3 aromatic rings. The average Bonchev–Trinajstić information content (AvgIpc) is 3.27. The van der Waals surface area contributed by atoms with Crippen molar-refractivity contribution in [2.24, 2.45) is 0 Å². The Labute approximate surface area is 184 Å². The number of rotatable bonds is 9. The molecule has 0 saturated carbocycles.